The summed E-state index contributed by atoms with van der Waals surface area (Å²) >= 11 is 11.9. The first-order valence-corrected chi connectivity index (χ1v) is 8.43. The van der Waals surface area contributed by atoms with E-state index in [2.05, 4.69) is 5.32 Å². The summed E-state index contributed by atoms with van der Waals surface area (Å²) < 4.78 is 13.4. The fourth-order valence-electron chi connectivity index (χ4n) is 2.75. The van der Waals surface area contributed by atoms with E-state index < -0.39 is 17.6 Å². The van der Waals surface area contributed by atoms with Crippen molar-refractivity contribution in [1.29, 1.82) is 5.26 Å². The van der Waals surface area contributed by atoms with E-state index in [1.165, 1.54) is 17.0 Å². The van der Waals surface area contributed by atoms with Gasteiger partial charge in [-0.3, -0.25) is 9.59 Å². The van der Waals surface area contributed by atoms with Crippen LogP contribution in [0, 0.1) is 23.1 Å². The van der Waals surface area contributed by atoms with Crippen LogP contribution in [0.15, 0.2) is 36.4 Å². The van der Waals surface area contributed by atoms with Crippen molar-refractivity contribution in [2.75, 3.05) is 16.8 Å². The largest absolute Gasteiger partial charge is 0.325 e. The molecule has 0 aliphatic carbocycles. The molecule has 0 radical (unpaired) electrons. The van der Waals surface area contributed by atoms with Gasteiger partial charge in [0.1, 0.15) is 17.8 Å². The summed E-state index contributed by atoms with van der Waals surface area (Å²) in [5.41, 5.74) is 0.639. The number of carbonyl (C=O) groups excluding carboxylic acids is 2. The van der Waals surface area contributed by atoms with Gasteiger partial charge in [0.15, 0.2) is 0 Å². The predicted molar refractivity (Wildman–Crippen MR) is 96.7 cm³/mol. The second-order valence-corrected chi connectivity index (χ2v) is 6.54. The Morgan fingerprint density at radius 2 is 2.00 bits per heavy atom. The van der Waals surface area contributed by atoms with Gasteiger partial charge in [-0.05, 0) is 42.8 Å². The first-order chi connectivity index (χ1) is 12.4. The van der Waals surface area contributed by atoms with Gasteiger partial charge in [-0.2, -0.15) is 5.26 Å². The summed E-state index contributed by atoms with van der Waals surface area (Å²) in [5.74, 6) is -2.41. The number of nitriles is 1. The summed E-state index contributed by atoms with van der Waals surface area (Å²) in [6, 6.07) is 10.2. The van der Waals surface area contributed by atoms with E-state index in [9.17, 15) is 14.0 Å². The van der Waals surface area contributed by atoms with E-state index in [4.69, 9.17) is 28.5 Å². The van der Waals surface area contributed by atoms with Gasteiger partial charge in [0.05, 0.1) is 15.6 Å². The van der Waals surface area contributed by atoms with E-state index in [0.29, 0.717) is 28.7 Å². The zero-order chi connectivity index (χ0) is 18.8. The molecule has 1 heterocycles. The summed E-state index contributed by atoms with van der Waals surface area (Å²) in [6.07, 6.45) is 0.331. The number of hydrogen-bond donors (Lipinski definition) is 1. The third kappa shape index (κ3) is 3.50. The highest BCUT2D eigenvalue weighted by molar-refractivity contribution is 6.42. The van der Waals surface area contributed by atoms with Crippen LogP contribution in [0.3, 0.4) is 0 Å². The number of carbonyl (C=O) groups is 2. The van der Waals surface area contributed by atoms with Crippen LogP contribution in [0.1, 0.15) is 12.0 Å². The topological polar surface area (TPSA) is 73.2 Å². The maximum atomic E-state index is 13.4. The molecule has 3 rings (SSSR count). The normalized spacial score (nSPS) is 16.5. The molecule has 0 spiro atoms. The van der Waals surface area contributed by atoms with Gasteiger partial charge in [0.2, 0.25) is 11.8 Å². The minimum Gasteiger partial charge on any atom is -0.325 e. The van der Waals surface area contributed by atoms with Crippen LogP contribution in [-0.4, -0.2) is 18.4 Å². The summed E-state index contributed by atoms with van der Waals surface area (Å²) in [6.45, 7) is 0.363. The minimum absolute atomic E-state index is 0.182. The van der Waals surface area contributed by atoms with Crippen molar-refractivity contribution in [3.63, 3.8) is 0 Å². The smallest absolute Gasteiger partial charge is 0.239 e. The third-order valence-electron chi connectivity index (χ3n) is 4.09. The highest BCUT2D eigenvalue weighted by Gasteiger charge is 2.37. The number of nitrogens with one attached hydrogen (secondary N) is 1. The minimum atomic E-state index is -0.875. The molecule has 1 saturated heterocycles. The fraction of sp³-hybridized carbons (Fsp3) is 0.167. The standard InChI is InChI=1S/C18H12Cl2FN3O2/c19-14-3-2-12(8-15(14)20)24-6-5-13(18(24)26)17(25)23-11-1-4-16(21)10(7-11)9-22/h1-4,7-8,13H,5-6H2,(H,23,25). The molecule has 26 heavy (non-hydrogen) atoms. The lowest BCUT2D eigenvalue weighted by atomic mass is 10.1. The second kappa shape index (κ2) is 7.32. The quantitative estimate of drug-likeness (QED) is 0.803. The third-order valence-corrected chi connectivity index (χ3v) is 4.83. The highest BCUT2D eigenvalue weighted by Crippen LogP contribution is 2.31. The van der Waals surface area contributed by atoms with Crippen molar-refractivity contribution in [2.45, 2.75) is 6.42 Å². The molecule has 1 N–H and O–H groups in total. The summed E-state index contributed by atoms with van der Waals surface area (Å²) in [4.78, 5) is 26.5. The number of benzene rings is 2. The van der Waals surface area contributed by atoms with Crippen molar-refractivity contribution in [1.82, 2.24) is 0 Å². The number of hydrogen-bond acceptors (Lipinski definition) is 3. The molecule has 0 saturated carbocycles. The Hall–Kier alpha value is -2.62. The first-order valence-electron chi connectivity index (χ1n) is 7.67. The monoisotopic (exact) mass is 391 g/mol. The Labute approximate surface area is 158 Å². The van der Waals surface area contributed by atoms with Gasteiger partial charge in [-0.25, -0.2) is 4.39 Å². The van der Waals surface area contributed by atoms with E-state index in [-0.39, 0.29) is 17.2 Å². The van der Waals surface area contributed by atoms with E-state index >= 15 is 0 Å². The average molecular weight is 392 g/mol. The zero-order valence-electron chi connectivity index (χ0n) is 13.3. The maximum absolute atomic E-state index is 13.4. The summed E-state index contributed by atoms with van der Waals surface area (Å²) in [7, 11) is 0. The zero-order valence-corrected chi connectivity index (χ0v) is 14.8. The Bertz CT molecular complexity index is 943. The maximum Gasteiger partial charge on any atom is 0.239 e. The molecule has 8 heteroatoms. The molecule has 1 atom stereocenters. The van der Waals surface area contributed by atoms with Crippen molar-refractivity contribution in [3.8, 4) is 6.07 Å². The molecule has 1 aliphatic rings. The van der Waals surface area contributed by atoms with Gasteiger partial charge >= 0.3 is 0 Å². The predicted octanol–water partition coefficient (Wildman–Crippen LogP) is 4.00. The molecule has 0 aromatic heterocycles. The van der Waals surface area contributed by atoms with Gasteiger partial charge in [-0.15, -0.1) is 0 Å². The molecule has 1 fully saturated rings. The van der Waals surface area contributed by atoms with Gasteiger partial charge in [-0.1, -0.05) is 23.2 Å². The number of halogens is 3. The van der Waals surface area contributed by atoms with Gasteiger partial charge < -0.3 is 10.2 Å². The Balaban J connectivity index is 1.74. The van der Waals surface area contributed by atoms with Crippen LogP contribution in [0.4, 0.5) is 15.8 Å². The number of nitrogens with zero attached hydrogens (tertiary/aromatic N) is 2. The fourth-order valence-corrected chi connectivity index (χ4v) is 3.04. The van der Waals surface area contributed by atoms with Crippen LogP contribution < -0.4 is 10.2 Å². The molecule has 0 bridgehead atoms. The van der Waals surface area contributed by atoms with Crippen molar-refractivity contribution in [2.24, 2.45) is 5.92 Å². The van der Waals surface area contributed by atoms with Crippen LogP contribution in [0.25, 0.3) is 0 Å². The lowest BCUT2D eigenvalue weighted by Crippen LogP contribution is -2.33. The Morgan fingerprint density at radius 3 is 2.69 bits per heavy atom. The van der Waals surface area contributed by atoms with Crippen LogP contribution >= 0.6 is 23.2 Å². The van der Waals surface area contributed by atoms with Gasteiger partial charge in [0, 0.05) is 17.9 Å². The molecule has 132 valence electrons. The van der Waals surface area contributed by atoms with Crippen LogP contribution in [0.5, 0.6) is 0 Å². The molecule has 1 aliphatic heterocycles. The number of anilines is 2. The van der Waals surface area contributed by atoms with Crippen LogP contribution in [0.2, 0.25) is 10.0 Å². The first kappa shape index (κ1) is 18.2. The molecular weight excluding hydrogens is 380 g/mol. The average Bonchev–Trinajstić information content (AvgIpc) is 3.00. The van der Waals surface area contributed by atoms with Crippen molar-refractivity contribution >= 4 is 46.4 Å². The molecule has 2 amide bonds. The molecule has 2 aromatic carbocycles. The lowest BCUT2D eigenvalue weighted by molar-refractivity contribution is -0.129. The molecular formula is C18H12Cl2FN3O2. The van der Waals surface area contributed by atoms with Gasteiger partial charge in [0.25, 0.3) is 0 Å². The van der Waals surface area contributed by atoms with E-state index in [1.54, 1.807) is 24.3 Å². The Morgan fingerprint density at radius 1 is 1.23 bits per heavy atom. The van der Waals surface area contributed by atoms with E-state index in [0.717, 1.165) is 6.07 Å². The van der Waals surface area contributed by atoms with E-state index in [1.807, 2.05) is 0 Å². The molecule has 2 aromatic rings. The number of rotatable bonds is 3. The second-order valence-electron chi connectivity index (χ2n) is 5.73. The van der Waals surface area contributed by atoms with Crippen molar-refractivity contribution in [3.05, 3.63) is 57.8 Å². The lowest BCUT2D eigenvalue weighted by Gasteiger charge is -2.17. The highest BCUT2D eigenvalue weighted by atomic mass is 35.5. The SMILES string of the molecule is N#Cc1cc(NC(=O)C2CCN(c3ccc(Cl)c(Cl)c3)C2=O)ccc1F. The van der Waals surface area contributed by atoms with Crippen molar-refractivity contribution < 1.29 is 14.0 Å². The number of amides is 2. The molecule has 5 nitrogen and oxygen atoms in total. The molecule has 1 unspecified atom stereocenters. The Kier molecular flexibility index (Phi) is 5.12. The van der Waals surface area contributed by atoms with Crippen LogP contribution in [-0.2, 0) is 9.59 Å². The summed E-state index contributed by atoms with van der Waals surface area (Å²) in [5, 5.41) is 12.1.